The Bertz CT molecular complexity index is 485. The Morgan fingerprint density at radius 3 is 1.27 bits per heavy atom. The third-order valence-electron chi connectivity index (χ3n) is 4.70. The number of hydrogen-bond donors (Lipinski definition) is 3. The first-order valence-corrected chi connectivity index (χ1v) is 9.93. The highest BCUT2D eigenvalue weighted by atomic mass is 16.2. The number of hydrogen-bond acceptors (Lipinski definition) is 3. The zero-order valence-corrected chi connectivity index (χ0v) is 16.6. The van der Waals surface area contributed by atoms with Crippen LogP contribution in [0, 0.1) is 11.8 Å². The minimum absolute atomic E-state index is 0.827. The Hall–Kier alpha value is -2.00. The molecule has 1 aliphatic rings. The number of rotatable bonds is 6. The zero-order chi connectivity index (χ0) is 19.0. The molecule has 0 bridgehead atoms. The van der Waals surface area contributed by atoms with Gasteiger partial charge in [0.1, 0.15) is 0 Å². The Labute approximate surface area is 159 Å². The second kappa shape index (κ2) is 14.2. The lowest BCUT2D eigenvalue weighted by Crippen LogP contribution is -2.25. The van der Waals surface area contributed by atoms with Gasteiger partial charge in [0.2, 0.25) is 0 Å². The highest BCUT2D eigenvalue weighted by Gasteiger charge is 2.20. The number of para-hydroxylation sites is 2. The summed E-state index contributed by atoms with van der Waals surface area (Å²) in [5.74, 6) is 1.65. The van der Waals surface area contributed by atoms with Crippen LogP contribution in [0.4, 0.5) is 11.4 Å². The number of anilines is 2. The molecule has 26 heavy (non-hydrogen) atoms. The van der Waals surface area contributed by atoms with Crippen molar-refractivity contribution >= 4 is 11.4 Å². The van der Waals surface area contributed by atoms with E-state index in [1.807, 2.05) is 13.8 Å². The minimum Gasteiger partial charge on any atom is -0.400 e. The van der Waals surface area contributed by atoms with E-state index in [-0.39, 0.29) is 0 Å². The lowest BCUT2D eigenvalue weighted by Gasteiger charge is -2.29. The Kier molecular flexibility index (Phi) is 12.0. The van der Waals surface area contributed by atoms with Crippen LogP contribution in [0.1, 0.15) is 39.5 Å². The van der Waals surface area contributed by atoms with E-state index < -0.39 is 0 Å². The fourth-order valence-electron chi connectivity index (χ4n) is 3.28. The van der Waals surface area contributed by atoms with Crippen molar-refractivity contribution in [3.8, 4) is 0 Å². The number of benzene rings is 2. The van der Waals surface area contributed by atoms with Crippen molar-refractivity contribution in [3.05, 3.63) is 60.7 Å². The Morgan fingerprint density at radius 1 is 0.654 bits per heavy atom. The molecule has 3 rings (SSSR count). The molecule has 0 heterocycles. The molecule has 1 fully saturated rings. The molecule has 0 radical (unpaired) electrons. The van der Waals surface area contributed by atoms with Crippen LogP contribution >= 0.6 is 0 Å². The summed E-state index contributed by atoms with van der Waals surface area (Å²) in [7, 11) is 1.00. The highest BCUT2D eigenvalue weighted by Crippen LogP contribution is 2.29. The zero-order valence-electron chi connectivity index (χ0n) is 16.6. The molecule has 0 amide bonds. The van der Waals surface area contributed by atoms with Crippen LogP contribution < -0.4 is 10.6 Å². The molecule has 2 aromatic carbocycles. The van der Waals surface area contributed by atoms with Gasteiger partial charge >= 0.3 is 0 Å². The van der Waals surface area contributed by atoms with Gasteiger partial charge in [-0.2, -0.15) is 0 Å². The van der Waals surface area contributed by atoms with E-state index >= 15 is 0 Å². The van der Waals surface area contributed by atoms with Crippen molar-refractivity contribution in [1.82, 2.24) is 0 Å². The van der Waals surface area contributed by atoms with Gasteiger partial charge in [0.05, 0.1) is 0 Å². The monoisotopic (exact) mass is 356 g/mol. The fraction of sp³-hybridized carbons (Fsp3) is 0.478. The molecule has 0 aromatic heterocycles. The van der Waals surface area contributed by atoms with Gasteiger partial charge in [-0.25, -0.2) is 0 Å². The molecule has 2 aromatic rings. The van der Waals surface area contributed by atoms with Crippen molar-refractivity contribution in [1.29, 1.82) is 0 Å². The van der Waals surface area contributed by atoms with Gasteiger partial charge < -0.3 is 15.7 Å². The molecule has 3 heteroatoms. The molecule has 144 valence electrons. The van der Waals surface area contributed by atoms with Crippen molar-refractivity contribution in [2.45, 2.75) is 39.5 Å². The summed E-state index contributed by atoms with van der Waals surface area (Å²) in [5, 5.41) is 14.1. The van der Waals surface area contributed by atoms with Gasteiger partial charge in [0.25, 0.3) is 0 Å². The van der Waals surface area contributed by atoms with Crippen molar-refractivity contribution in [2.24, 2.45) is 11.8 Å². The predicted molar refractivity (Wildman–Crippen MR) is 115 cm³/mol. The van der Waals surface area contributed by atoms with Gasteiger partial charge in [-0.05, 0) is 61.8 Å². The SMILES string of the molecule is CC.CO.c1ccc(NCC2CCC(CNc3ccccc3)CC2)cc1. The van der Waals surface area contributed by atoms with E-state index in [1.54, 1.807) is 0 Å². The van der Waals surface area contributed by atoms with E-state index in [9.17, 15) is 0 Å². The molecule has 3 nitrogen and oxygen atoms in total. The minimum atomic E-state index is 0.827. The molecule has 1 saturated carbocycles. The van der Waals surface area contributed by atoms with Crippen LogP contribution in [0.2, 0.25) is 0 Å². The molecule has 0 spiro atoms. The van der Waals surface area contributed by atoms with Crippen LogP contribution in [0.15, 0.2) is 60.7 Å². The maximum absolute atomic E-state index is 7.00. The molecule has 0 aliphatic heterocycles. The summed E-state index contributed by atoms with van der Waals surface area (Å²) in [4.78, 5) is 0. The normalized spacial score (nSPS) is 18.5. The van der Waals surface area contributed by atoms with E-state index in [0.29, 0.717) is 0 Å². The van der Waals surface area contributed by atoms with Crippen molar-refractivity contribution in [3.63, 3.8) is 0 Å². The molecular formula is C23H36N2O. The van der Waals surface area contributed by atoms with E-state index in [4.69, 9.17) is 5.11 Å². The lowest BCUT2D eigenvalue weighted by atomic mass is 9.82. The second-order valence-corrected chi connectivity index (χ2v) is 6.38. The van der Waals surface area contributed by atoms with E-state index in [0.717, 1.165) is 32.0 Å². The molecule has 0 unspecified atom stereocenters. The van der Waals surface area contributed by atoms with Gasteiger partial charge in [-0.1, -0.05) is 50.2 Å². The summed E-state index contributed by atoms with van der Waals surface area (Å²) >= 11 is 0. The quantitative estimate of drug-likeness (QED) is 0.626. The third kappa shape index (κ3) is 8.39. The molecule has 0 atom stereocenters. The molecule has 1 aliphatic carbocycles. The summed E-state index contributed by atoms with van der Waals surface area (Å²) < 4.78 is 0. The Morgan fingerprint density at radius 2 is 0.962 bits per heavy atom. The first-order valence-electron chi connectivity index (χ1n) is 9.93. The summed E-state index contributed by atoms with van der Waals surface area (Å²) in [6.07, 6.45) is 5.39. The van der Waals surface area contributed by atoms with Crippen molar-refractivity contribution in [2.75, 3.05) is 30.8 Å². The fourth-order valence-corrected chi connectivity index (χ4v) is 3.28. The summed E-state index contributed by atoms with van der Waals surface area (Å²) in [6, 6.07) is 21.1. The van der Waals surface area contributed by atoms with Crippen LogP contribution in [-0.4, -0.2) is 25.3 Å². The first kappa shape index (κ1) is 22.0. The molecular weight excluding hydrogens is 320 g/mol. The van der Waals surface area contributed by atoms with Crippen molar-refractivity contribution < 1.29 is 5.11 Å². The van der Waals surface area contributed by atoms with E-state index in [1.165, 1.54) is 37.1 Å². The first-order chi connectivity index (χ1) is 12.9. The second-order valence-electron chi connectivity index (χ2n) is 6.38. The summed E-state index contributed by atoms with van der Waals surface area (Å²) in [6.45, 7) is 6.23. The predicted octanol–water partition coefficient (Wildman–Crippen LogP) is 5.65. The maximum Gasteiger partial charge on any atom is 0.0340 e. The highest BCUT2D eigenvalue weighted by molar-refractivity contribution is 5.43. The van der Waals surface area contributed by atoms with Gasteiger partial charge in [-0.15, -0.1) is 0 Å². The number of nitrogens with one attached hydrogen (secondary N) is 2. The largest absolute Gasteiger partial charge is 0.400 e. The van der Waals surface area contributed by atoms with Crippen LogP contribution in [0.5, 0.6) is 0 Å². The molecule has 3 N–H and O–H groups in total. The average molecular weight is 357 g/mol. The van der Waals surface area contributed by atoms with Gasteiger partial charge in [0, 0.05) is 31.6 Å². The summed E-state index contributed by atoms with van der Waals surface area (Å²) in [5.41, 5.74) is 2.49. The van der Waals surface area contributed by atoms with E-state index in [2.05, 4.69) is 71.3 Å². The van der Waals surface area contributed by atoms with Gasteiger partial charge in [0.15, 0.2) is 0 Å². The topological polar surface area (TPSA) is 44.3 Å². The molecule has 0 saturated heterocycles. The van der Waals surface area contributed by atoms with Crippen LogP contribution in [0.3, 0.4) is 0 Å². The van der Waals surface area contributed by atoms with Crippen LogP contribution in [-0.2, 0) is 0 Å². The standard InChI is InChI=1S/C20H26N2.C2H6.CH4O/c1-3-7-19(8-4-1)21-15-17-11-13-18(14-12-17)16-22-20-9-5-2-6-10-20;2*1-2/h1-10,17-18,21-22H,11-16H2;1-2H3;2H,1H3. The number of aliphatic hydroxyl groups is 1. The maximum atomic E-state index is 7.00. The van der Waals surface area contributed by atoms with Crippen LogP contribution in [0.25, 0.3) is 0 Å². The number of aliphatic hydroxyl groups excluding tert-OH is 1. The third-order valence-corrected chi connectivity index (χ3v) is 4.70. The smallest absolute Gasteiger partial charge is 0.0340 e. The Balaban J connectivity index is 0.000000791. The lowest BCUT2D eigenvalue weighted by molar-refractivity contribution is 0.293. The van der Waals surface area contributed by atoms with Gasteiger partial charge in [-0.3, -0.25) is 0 Å². The average Bonchev–Trinajstić information content (AvgIpc) is 2.76.